The van der Waals surface area contributed by atoms with Crippen LogP contribution in [0, 0.1) is 34.5 Å². The average molecular weight is 1020 g/mol. The van der Waals surface area contributed by atoms with Crippen LogP contribution in [0.25, 0.3) is 6.08 Å². The number of rotatable bonds is 26. The molecule has 0 bridgehead atoms. The number of allylic oxidation sites excluding steroid dienone is 7. The second-order valence-corrected chi connectivity index (χ2v) is 21.6. The summed E-state index contributed by atoms with van der Waals surface area (Å²) in [5, 5.41) is 67.4. The first-order valence-electron chi connectivity index (χ1n) is 24.2. The molecule has 2 saturated heterocycles. The van der Waals surface area contributed by atoms with Crippen LogP contribution in [0.4, 0.5) is 0 Å². The van der Waals surface area contributed by atoms with Gasteiger partial charge in [-0.05, 0) is 71.9 Å². The van der Waals surface area contributed by atoms with Gasteiger partial charge in [-0.3, -0.25) is 9.32 Å². The summed E-state index contributed by atoms with van der Waals surface area (Å²) < 4.78 is 48.3. The van der Waals surface area contributed by atoms with Crippen LogP contribution >= 0.6 is 7.82 Å². The number of aliphatic hydroxyl groups is 5. The van der Waals surface area contributed by atoms with E-state index in [4.69, 9.17) is 33.2 Å². The van der Waals surface area contributed by atoms with Gasteiger partial charge in [0.1, 0.15) is 30.3 Å². The highest BCUT2D eigenvalue weighted by Crippen LogP contribution is 2.59. The molecular formula is C51H83N4O15P. The molecule has 1 aromatic rings. The Bertz CT molecular complexity index is 2110. The predicted octanol–water partition coefficient (Wildman–Crippen LogP) is 5.08. The van der Waals surface area contributed by atoms with Crippen LogP contribution in [-0.2, 0) is 32.8 Å². The summed E-state index contributed by atoms with van der Waals surface area (Å²) in [6.45, 7) is 18.2. The summed E-state index contributed by atoms with van der Waals surface area (Å²) in [6, 6.07) is 0.980. The lowest BCUT2D eigenvalue weighted by atomic mass is 9.72. The van der Waals surface area contributed by atoms with Gasteiger partial charge in [0.05, 0.1) is 49.2 Å². The number of ether oxygens (including phenoxy) is 4. The van der Waals surface area contributed by atoms with E-state index in [-0.39, 0.29) is 37.7 Å². The lowest BCUT2D eigenvalue weighted by molar-refractivity contribution is -0.334. The Morgan fingerprint density at radius 1 is 1.06 bits per heavy atom. The van der Waals surface area contributed by atoms with Crippen LogP contribution in [0.3, 0.4) is 0 Å². The molecule has 2 aliphatic rings. The number of methoxy groups -OCH3 is 2. The highest BCUT2D eigenvalue weighted by molar-refractivity contribution is 7.46. The third-order valence-corrected chi connectivity index (χ3v) is 14.7. The monoisotopic (exact) mass is 1020 g/mol. The number of aliphatic hydroxyl groups excluding tert-OH is 5. The molecule has 1 spiro atoms. The van der Waals surface area contributed by atoms with Gasteiger partial charge < -0.3 is 68.9 Å². The van der Waals surface area contributed by atoms with Gasteiger partial charge in [-0.15, -0.1) is 0 Å². The Balaban J connectivity index is 1.76. The number of nitriles is 1. The van der Waals surface area contributed by atoms with Crippen molar-refractivity contribution in [2.75, 3.05) is 34.9 Å². The van der Waals surface area contributed by atoms with Gasteiger partial charge in [0.15, 0.2) is 17.8 Å². The number of nitrogens with zero attached hydrogens (tertiary/aromatic N) is 3. The van der Waals surface area contributed by atoms with Crippen LogP contribution in [0.5, 0.6) is 0 Å². The molecule has 71 heavy (non-hydrogen) atoms. The predicted molar refractivity (Wildman–Crippen MR) is 267 cm³/mol. The molecule has 2 fully saturated rings. The zero-order chi connectivity index (χ0) is 53.8. The number of amides is 1. The fraction of sp³-hybridized carbons (Fsp3) is 0.706. The topological polar surface area (TPSA) is 287 Å². The smallest absolute Gasteiger partial charge is 0.448 e. The average Bonchev–Trinajstić information content (AvgIpc) is 3.84. The zero-order valence-electron chi connectivity index (χ0n) is 44.0. The Hall–Kier alpha value is -3.42. The molecule has 3 heterocycles. The number of likely N-dealkylation sites (N-methyl/N-ethyl adjacent to an activating group) is 1. The van der Waals surface area contributed by atoms with Gasteiger partial charge in [-0.2, -0.15) is 5.26 Å². The van der Waals surface area contributed by atoms with Crippen molar-refractivity contribution in [3.63, 3.8) is 0 Å². The minimum absolute atomic E-state index is 0.0661. The summed E-state index contributed by atoms with van der Waals surface area (Å²) >= 11 is 0. The van der Waals surface area contributed by atoms with Crippen molar-refractivity contribution in [3.8, 4) is 6.07 Å². The number of hydrogen-bond acceptors (Lipinski definition) is 16. The largest absolute Gasteiger partial charge is 0.469 e. The Kier molecular flexibility index (Phi) is 23.7. The van der Waals surface area contributed by atoms with Crippen LogP contribution in [0.1, 0.15) is 112 Å². The first-order valence-corrected chi connectivity index (χ1v) is 25.8. The van der Waals surface area contributed by atoms with Crippen molar-refractivity contribution in [3.05, 3.63) is 71.0 Å². The second-order valence-electron chi connectivity index (χ2n) is 20.4. The molecule has 7 unspecified atom stereocenters. The number of phosphoric acid groups is 1. The minimum atomic E-state index is -5.16. The molecule has 8 N–H and O–H groups in total. The summed E-state index contributed by atoms with van der Waals surface area (Å²) in [4.78, 5) is 39.5. The van der Waals surface area contributed by atoms with E-state index >= 15 is 0 Å². The standard InChI is InChI=1S/C51H83N4O15P/c1-29(21-22-52)17-15-18-30(2)31(3)23-32(4)43(58)36(8)39(56)25-42(66-14)46-47(70-71(62,63)64)50(9,10)51(69-46)26-40(57)35(7)41(68-51)20-16-19-37-27-67-49(54-37)33(5)24-34(6)53-48(61)45(60)44(59)38(28-65-13)55(11)12/h15-19,21,23,27,32-36,38-47,56-60H,20,24-26,28H2,1-14H3,(H,53,61)(H2,62,63,64)/b17-15+,19-16+,29-21+,30-18+,31-23+/t32?,33?,34?,35-,36?,38-,39-,40+,41?,42-,43+,44?,45-,46+,47-,51?/m0/s1. The van der Waals surface area contributed by atoms with Gasteiger partial charge in [-0.25, -0.2) is 9.55 Å². The number of aromatic nitrogens is 1. The van der Waals surface area contributed by atoms with Gasteiger partial charge in [0.25, 0.3) is 5.91 Å². The quantitative estimate of drug-likeness (QED) is 0.0341. The van der Waals surface area contributed by atoms with Crippen LogP contribution < -0.4 is 5.32 Å². The Morgan fingerprint density at radius 2 is 1.72 bits per heavy atom. The van der Waals surface area contributed by atoms with Gasteiger partial charge in [-0.1, -0.05) is 77.5 Å². The molecule has 2 aliphatic heterocycles. The zero-order valence-corrected chi connectivity index (χ0v) is 44.9. The summed E-state index contributed by atoms with van der Waals surface area (Å²) in [6.07, 6.45) is 4.05. The van der Waals surface area contributed by atoms with E-state index < -0.39 is 104 Å². The molecular weight excluding hydrogens is 940 g/mol. The maximum absolute atomic E-state index is 12.8. The molecule has 19 nitrogen and oxygen atoms in total. The van der Waals surface area contributed by atoms with Crippen molar-refractivity contribution in [2.45, 2.75) is 174 Å². The van der Waals surface area contributed by atoms with Crippen LogP contribution in [0.15, 0.2) is 63.9 Å². The number of carbonyl (C=O) groups excluding carboxylic acids is 1. The van der Waals surface area contributed by atoms with E-state index in [9.17, 15) is 44.7 Å². The van der Waals surface area contributed by atoms with Crippen LogP contribution in [0.2, 0.25) is 0 Å². The molecule has 402 valence electrons. The molecule has 3 rings (SSSR count). The van der Waals surface area contributed by atoms with Crippen molar-refractivity contribution in [1.82, 2.24) is 15.2 Å². The molecule has 16 atom stereocenters. The van der Waals surface area contributed by atoms with E-state index in [1.807, 2.05) is 78.0 Å². The van der Waals surface area contributed by atoms with Crippen molar-refractivity contribution in [1.29, 1.82) is 5.26 Å². The second kappa shape index (κ2) is 27.2. The normalized spacial score (nSPS) is 27.8. The van der Waals surface area contributed by atoms with E-state index in [2.05, 4.69) is 10.3 Å². The molecule has 20 heteroatoms. The van der Waals surface area contributed by atoms with Crippen molar-refractivity contribution < 1.29 is 72.6 Å². The lowest BCUT2D eigenvalue weighted by Crippen LogP contribution is -2.58. The van der Waals surface area contributed by atoms with E-state index in [1.165, 1.54) is 26.6 Å². The SMILES string of the molecule is COC[C@@H](C(O)[C@H](O)C(=O)NC(C)CC(C)c1nc(/C=C/CC2OC3(C[C@@H](O)[C@@H]2C)O[C@H]([C@H](C[C@H](O)C(C)[C@H](O)C(C)/C=C(C)/C(C)=C/C=C/C(C)=C/C#N)OC)[C@H](OP(=O)(O)O)C3(C)C)co1)N(C)C. The van der Waals surface area contributed by atoms with Crippen molar-refractivity contribution >= 4 is 19.8 Å². The number of hydrogen-bond donors (Lipinski definition) is 8. The summed E-state index contributed by atoms with van der Waals surface area (Å²) in [7, 11) is 1.13. The molecule has 0 radical (unpaired) electrons. The Morgan fingerprint density at radius 3 is 2.31 bits per heavy atom. The molecule has 1 amide bonds. The fourth-order valence-corrected chi connectivity index (χ4v) is 10.0. The minimum Gasteiger partial charge on any atom is -0.448 e. The first kappa shape index (κ1) is 61.9. The highest BCUT2D eigenvalue weighted by atomic mass is 31.2. The molecule has 0 aromatic carbocycles. The number of nitrogens with one attached hydrogen (secondary N) is 1. The van der Waals surface area contributed by atoms with Crippen LogP contribution in [-0.4, -0.2) is 159 Å². The summed E-state index contributed by atoms with van der Waals surface area (Å²) in [5.74, 6) is -3.67. The number of phosphoric ester groups is 1. The van der Waals surface area contributed by atoms with Gasteiger partial charge in [0, 0.05) is 68.3 Å². The first-order chi connectivity index (χ1) is 33.0. The van der Waals surface area contributed by atoms with E-state index in [0.29, 0.717) is 18.0 Å². The van der Waals surface area contributed by atoms with Gasteiger partial charge >= 0.3 is 7.82 Å². The molecule has 1 aromatic heterocycles. The maximum Gasteiger partial charge on any atom is 0.469 e. The molecule has 0 saturated carbocycles. The number of carbonyl (C=O) groups is 1. The van der Waals surface area contributed by atoms with E-state index in [1.54, 1.807) is 52.8 Å². The van der Waals surface area contributed by atoms with E-state index in [0.717, 1.165) is 16.7 Å². The summed E-state index contributed by atoms with van der Waals surface area (Å²) in [5.41, 5.74) is 1.87. The molecule has 0 aliphatic carbocycles. The third-order valence-electron chi connectivity index (χ3n) is 14.2. The lowest BCUT2D eigenvalue weighted by Gasteiger charge is -2.50. The fourth-order valence-electron chi connectivity index (χ4n) is 9.34. The Labute approximate surface area is 420 Å². The maximum atomic E-state index is 12.8. The number of oxazole rings is 1. The highest BCUT2D eigenvalue weighted by Gasteiger charge is 2.68. The van der Waals surface area contributed by atoms with Crippen molar-refractivity contribution in [2.24, 2.45) is 23.2 Å². The third kappa shape index (κ3) is 16.8. The van der Waals surface area contributed by atoms with Gasteiger partial charge in [0.2, 0.25) is 0 Å².